The molecule has 0 amide bonds. The Morgan fingerprint density at radius 3 is 2.44 bits per heavy atom. The highest BCUT2D eigenvalue weighted by molar-refractivity contribution is 9.10. The zero-order chi connectivity index (χ0) is 17.9. The van der Waals surface area contributed by atoms with Gasteiger partial charge in [-0.25, -0.2) is 18.1 Å². The summed E-state index contributed by atoms with van der Waals surface area (Å²) in [7, 11) is -3.78. The molecule has 25 heavy (non-hydrogen) atoms. The number of benzene rings is 2. The van der Waals surface area contributed by atoms with Crippen LogP contribution in [0, 0.1) is 11.3 Å². The van der Waals surface area contributed by atoms with E-state index >= 15 is 0 Å². The molecule has 0 aliphatic rings. The molecule has 6 nitrogen and oxygen atoms in total. The summed E-state index contributed by atoms with van der Waals surface area (Å²) in [5.74, 6) is 0.229. The summed E-state index contributed by atoms with van der Waals surface area (Å²) in [4.78, 5) is 4.16. The summed E-state index contributed by atoms with van der Waals surface area (Å²) >= 11 is 3.38. The van der Waals surface area contributed by atoms with Gasteiger partial charge in [-0.15, -0.1) is 0 Å². The van der Waals surface area contributed by atoms with Crippen molar-refractivity contribution in [2.24, 2.45) is 0 Å². The van der Waals surface area contributed by atoms with Gasteiger partial charge in [-0.05, 0) is 42.0 Å². The molecule has 1 aromatic heterocycles. The number of halogens is 1. The molecule has 0 aliphatic carbocycles. The second-order valence-electron chi connectivity index (χ2n) is 5.25. The largest absolute Gasteiger partial charge is 0.312 e. The normalized spacial score (nSPS) is 11.0. The van der Waals surface area contributed by atoms with Gasteiger partial charge in [0.2, 0.25) is 5.95 Å². The Morgan fingerprint density at radius 1 is 1.12 bits per heavy atom. The lowest BCUT2D eigenvalue weighted by Crippen LogP contribution is -2.17. The van der Waals surface area contributed by atoms with Crippen LogP contribution in [0.3, 0.4) is 0 Å². The van der Waals surface area contributed by atoms with Crippen LogP contribution in [0.1, 0.15) is 11.1 Å². The maximum absolute atomic E-state index is 12.5. The minimum atomic E-state index is -3.78. The summed E-state index contributed by atoms with van der Waals surface area (Å²) < 4.78 is 30.2. The standard InChI is InChI=1S/C17H13BrN4O2S/c18-15-5-1-14(2-6-15)12-22-10-9-20-17(22)21-25(23,24)16-7-3-13(11-19)4-8-16/h1-10H,12H2,(H,20,21). The third-order valence-corrected chi connectivity index (χ3v) is 5.37. The molecule has 0 saturated heterocycles. The minimum Gasteiger partial charge on any atom is -0.312 e. The molecule has 0 aliphatic heterocycles. The predicted octanol–water partition coefficient (Wildman–Crippen LogP) is 3.37. The molecule has 8 heteroatoms. The van der Waals surface area contributed by atoms with Crippen molar-refractivity contribution >= 4 is 31.9 Å². The Morgan fingerprint density at radius 2 is 1.80 bits per heavy atom. The van der Waals surface area contributed by atoms with Crippen LogP contribution in [-0.4, -0.2) is 18.0 Å². The molecule has 3 aromatic rings. The van der Waals surface area contributed by atoms with Crippen LogP contribution >= 0.6 is 15.9 Å². The van der Waals surface area contributed by atoms with E-state index in [9.17, 15) is 8.42 Å². The molecule has 1 heterocycles. The summed E-state index contributed by atoms with van der Waals surface area (Å²) in [6.45, 7) is 0.485. The van der Waals surface area contributed by atoms with E-state index < -0.39 is 10.0 Å². The number of sulfonamides is 1. The fourth-order valence-electron chi connectivity index (χ4n) is 2.22. The third-order valence-electron chi connectivity index (χ3n) is 3.50. The molecule has 0 fully saturated rings. The lowest BCUT2D eigenvalue weighted by molar-refractivity contribution is 0.600. The monoisotopic (exact) mass is 416 g/mol. The van der Waals surface area contributed by atoms with E-state index in [0.717, 1.165) is 10.0 Å². The van der Waals surface area contributed by atoms with Crippen molar-refractivity contribution in [1.29, 1.82) is 5.26 Å². The molecule has 0 bridgehead atoms. The number of imidazole rings is 1. The average molecular weight is 417 g/mol. The molecular weight excluding hydrogens is 404 g/mol. The van der Waals surface area contributed by atoms with Gasteiger partial charge in [-0.1, -0.05) is 28.1 Å². The van der Waals surface area contributed by atoms with E-state index in [2.05, 4.69) is 25.6 Å². The van der Waals surface area contributed by atoms with Gasteiger partial charge < -0.3 is 4.57 Å². The summed E-state index contributed by atoms with van der Waals surface area (Å²) in [5.41, 5.74) is 1.41. The Hall–Kier alpha value is -2.63. The first-order valence-electron chi connectivity index (χ1n) is 7.26. The molecule has 1 N–H and O–H groups in total. The number of nitrogens with one attached hydrogen (secondary N) is 1. The van der Waals surface area contributed by atoms with Crippen LogP contribution in [0.5, 0.6) is 0 Å². The molecule has 0 unspecified atom stereocenters. The fourth-order valence-corrected chi connectivity index (χ4v) is 3.50. The van der Waals surface area contributed by atoms with Crippen molar-refractivity contribution in [1.82, 2.24) is 9.55 Å². The smallest absolute Gasteiger partial charge is 0.264 e. The highest BCUT2D eigenvalue weighted by Gasteiger charge is 2.17. The number of hydrogen-bond donors (Lipinski definition) is 1. The zero-order valence-electron chi connectivity index (χ0n) is 12.9. The lowest BCUT2D eigenvalue weighted by Gasteiger charge is -2.11. The van der Waals surface area contributed by atoms with Crippen molar-refractivity contribution in [2.75, 3.05) is 4.72 Å². The van der Waals surface area contributed by atoms with Crippen LogP contribution < -0.4 is 4.72 Å². The molecule has 0 saturated carbocycles. The molecular formula is C17H13BrN4O2S. The first-order valence-corrected chi connectivity index (χ1v) is 9.54. The van der Waals surface area contributed by atoms with Gasteiger partial charge in [0.25, 0.3) is 10.0 Å². The van der Waals surface area contributed by atoms with Crippen LogP contribution in [-0.2, 0) is 16.6 Å². The van der Waals surface area contributed by atoms with E-state index in [1.807, 2.05) is 30.3 Å². The second-order valence-corrected chi connectivity index (χ2v) is 7.84. The topological polar surface area (TPSA) is 87.8 Å². The number of aromatic nitrogens is 2. The van der Waals surface area contributed by atoms with Gasteiger partial charge in [0.15, 0.2) is 0 Å². The molecule has 0 radical (unpaired) electrons. The maximum Gasteiger partial charge on any atom is 0.264 e. The number of hydrogen-bond acceptors (Lipinski definition) is 4. The maximum atomic E-state index is 12.5. The molecule has 0 spiro atoms. The Balaban J connectivity index is 1.82. The summed E-state index contributed by atoms with van der Waals surface area (Å²) in [6.07, 6.45) is 3.24. The van der Waals surface area contributed by atoms with E-state index in [-0.39, 0.29) is 10.8 Å². The van der Waals surface area contributed by atoms with E-state index in [1.54, 1.807) is 10.8 Å². The van der Waals surface area contributed by atoms with Crippen molar-refractivity contribution in [3.63, 3.8) is 0 Å². The highest BCUT2D eigenvalue weighted by Crippen LogP contribution is 2.17. The van der Waals surface area contributed by atoms with Crippen LogP contribution in [0.4, 0.5) is 5.95 Å². The predicted molar refractivity (Wildman–Crippen MR) is 97.4 cm³/mol. The van der Waals surface area contributed by atoms with Crippen molar-refractivity contribution < 1.29 is 8.42 Å². The summed E-state index contributed by atoms with van der Waals surface area (Å²) in [6, 6.07) is 15.4. The minimum absolute atomic E-state index is 0.0738. The van der Waals surface area contributed by atoms with Gasteiger partial charge >= 0.3 is 0 Å². The number of anilines is 1. The van der Waals surface area contributed by atoms with Gasteiger partial charge in [0.1, 0.15) is 0 Å². The molecule has 126 valence electrons. The van der Waals surface area contributed by atoms with Crippen molar-refractivity contribution in [3.8, 4) is 6.07 Å². The quantitative estimate of drug-likeness (QED) is 0.690. The Labute approximate surface area is 153 Å². The first-order chi connectivity index (χ1) is 12.0. The number of rotatable bonds is 5. The SMILES string of the molecule is N#Cc1ccc(S(=O)(=O)Nc2nccn2Cc2ccc(Br)cc2)cc1. The van der Waals surface area contributed by atoms with Gasteiger partial charge in [-0.3, -0.25) is 0 Å². The van der Waals surface area contributed by atoms with E-state index in [4.69, 9.17) is 5.26 Å². The van der Waals surface area contributed by atoms with Crippen LogP contribution in [0.15, 0.2) is 70.3 Å². The first kappa shape index (κ1) is 17.2. The number of nitrogens with zero attached hydrogens (tertiary/aromatic N) is 3. The van der Waals surface area contributed by atoms with E-state index in [0.29, 0.717) is 12.1 Å². The Bertz CT molecular complexity index is 1020. The van der Waals surface area contributed by atoms with E-state index in [1.165, 1.54) is 30.5 Å². The van der Waals surface area contributed by atoms with Crippen LogP contribution in [0.2, 0.25) is 0 Å². The molecule has 0 atom stereocenters. The van der Waals surface area contributed by atoms with Crippen molar-refractivity contribution in [2.45, 2.75) is 11.4 Å². The average Bonchev–Trinajstić information content (AvgIpc) is 3.03. The lowest BCUT2D eigenvalue weighted by atomic mass is 10.2. The Kier molecular flexibility index (Phi) is 4.88. The third kappa shape index (κ3) is 4.07. The van der Waals surface area contributed by atoms with Gasteiger partial charge in [-0.2, -0.15) is 5.26 Å². The molecule has 3 rings (SSSR count). The van der Waals surface area contributed by atoms with Gasteiger partial charge in [0, 0.05) is 16.9 Å². The highest BCUT2D eigenvalue weighted by atomic mass is 79.9. The van der Waals surface area contributed by atoms with Crippen molar-refractivity contribution in [3.05, 3.63) is 76.5 Å². The summed E-state index contributed by atoms with van der Waals surface area (Å²) in [5, 5.41) is 8.80. The number of nitriles is 1. The fraction of sp³-hybridized carbons (Fsp3) is 0.0588. The van der Waals surface area contributed by atoms with Crippen LogP contribution in [0.25, 0.3) is 0 Å². The molecule has 2 aromatic carbocycles. The van der Waals surface area contributed by atoms with Gasteiger partial charge in [0.05, 0.1) is 23.1 Å². The second kappa shape index (κ2) is 7.09. The zero-order valence-corrected chi connectivity index (χ0v) is 15.3.